The molecule has 0 radical (unpaired) electrons. The molecule has 5 heteroatoms. The lowest BCUT2D eigenvalue weighted by atomic mass is 10.1. The van der Waals surface area contributed by atoms with Gasteiger partial charge >= 0.3 is 0 Å². The summed E-state index contributed by atoms with van der Waals surface area (Å²) in [6, 6.07) is 10.3. The van der Waals surface area contributed by atoms with Crippen LogP contribution in [0.5, 0.6) is 0 Å². The third-order valence-corrected chi connectivity index (χ3v) is 2.97. The maximum Gasteiger partial charge on any atom is 0.188 e. The van der Waals surface area contributed by atoms with Gasteiger partial charge in [0.1, 0.15) is 6.61 Å². The van der Waals surface area contributed by atoms with Gasteiger partial charge in [0.05, 0.1) is 0 Å². The standard InChI is InChI=1S/C12H15N3OS/c16-9-11-13-14-12(17)15(11)8-4-7-10-5-2-1-3-6-10/h1-3,5-6,16H,4,7-9H2,(H,14,17). The fraction of sp³-hybridized carbons (Fsp3) is 0.333. The van der Waals surface area contributed by atoms with Gasteiger partial charge in [-0.1, -0.05) is 30.3 Å². The first-order chi connectivity index (χ1) is 8.31. The molecule has 1 heterocycles. The van der Waals surface area contributed by atoms with Gasteiger partial charge in [0.2, 0.25) is 0 Å². The van der Waals surface area contributed by atoms with Crippen LogP contribution in [0.1, 0.15) is 17.8 Å². The molecule has 4 nitrogen and oxygen atoms in total. The quantitative estimate of drug-likeness (QED) is 0.793. The molecular formula is C12H15N3OS. The van der Waals surface area contributed by atoms with Crippen molar-refractivity contribution in [3.8, 4) is 0 Å². The maximum atomic E-state index is 9.09. The third kappa shape index (κ3) is 3.08. The molecule has 1 aromatic carbocycles. The van der Waals surface area contributed by atoms with E-state index in [4.69, 9.17) is 5.11 Å². The van der Waals surface area contributed by atoms with E-state index < -0.39 is 0 Å². The Kier molecular flexibility index (Phi) is 4.17. The SMILES string of the molecule is OCc1nnc(S)n1CCCc1ccccc1. The molecule has 0 aliphatic heterocycles. The van der Waals surface area contributed by atoms with Crippen LogP contribution in [0.25, 0.3) is 0 Å². The van der Waals surface area contributed by atoms with Gasteiger partial charge in [0, 0.05) is 6.54 Å². The van der Waals surface area contributed by atoms with Crippen molar-refractivity contribution in [1.82, 2.24) is 14.8 Å². The van der Waals surface area contributed by atoms with Gasteiger partial charge in [-0.3, -0.25) is 0 Å². The lowest BCUT2D eigenvalue weighted by Crippen LogP contribution is -2.05. The van der Waals surface area contributed by atoms with E-state index in [0.717, 1.165) is 19.4 Å². The average Bonchev–Trinajstić information content (AvgIpc) is 2.72. The normalized spacial score (nSPS) is 10.7. The molecule has 0 unspecified atom stereocenters. The number of aromatic nitrogens is 3. The number of hydrogen-bond acceptors (Lipinski definition) is 4. The molecule has 0 saturated carbocycles. The van der Waals surface area contributed by atoms with E-state index in [1.165, 1.54) is 5.56 Å². The average molecular weight is 249 g/mol. The van der Waals surface area contributed by atoms with Crippen molar-refractivity contribution in [3.05, 3.63) is 41.7 Å². The van der Waals surface area contributed by atoms with Crippen LogP contribution in [-0.2, 0) is 19.6 Å². The molecule has 2 rings (SSSR count). The minimum atomic E-state index is -0.0983. The molecule has 0 aliphatic carbocycles. The molecule has 0 aliphatic rings. The smallest absolute Gasteiger partial charge is 0.188 e. The van der Waals surface area contributed by atoms with Crippen LogP contribution < -0.4 is 0 Å². The third-order valence-electron chi connectivity index (χ3n) is 2.64. The fourth-order valence-electron chi connectivity index (χ4n) is 1.76. The molecule has 1 aromatic heterocycles. The minimum Gasteiger partial charge on any atom is -0.388 e. The minimum absolute atomic E-state index is 0.0983. The van der Waals surface area contributed by atoms with Gasteiger partial charge in [-0.05, 0) is 18.4 Å². The lowest BCUT2D eigenvalue weighted by Gasteiger charge is -2.06. The summed E-state index contributed by atoms with van der Waals surface area (Å²) in [5.41, 5.74) is 1.31. The van der Waals surface area contributed by atoms with Crippen LogP contribution in [0.3, 0.4) is 0 Å². The van der Waals surface area contributed by atoms with Gasteiger partial charge < -0.3 is 9.67 Å². The molecule has 0 bridgehead atoms. The number of aliphatic hydroxyl groups is 1. The highest BCUT2D eigenvalue weighted by Gasteiger charge is 2.07. The van der Waals surface area contributed by atoms with Crippen LogP contribution in [0.4, 0.5) is 0 Å². The molecule has 0 fully saturated rings. The van der Waals surface area contributed by atoms with Crippen molar-refractivity contribution in [2.45, 2.75) is 31.1 Å². The fourth-order valence-corrected chi connectivity index (χ4v) is 2.02. The monoisotopic (exact) mass is 249 g/mol. The van der Waals surface area contributed by atoms with E-state index in [2.05, 4.69) is 35.0 Å². The second-order valence-corrected chi connectivity index (χ2v) is 4.22. The maximum absolute atomic E-state index is 9.09. The Morgan fingerprint density at radius 1 is 1.18 bits per heavy atom. The Hall–Kier alpha value is -1.33. The first kappa shape index (κ1) is 12.1. The summed E-state index contributed by atoms with van der Waals surface area (Å²) in [5.74, 6) is 0.572. The Morgan fingerprint density at radius 3 is 2.65 bits per heavy atom. The van der Waals surface area contributed by atoms with Crippen molar-refractivity contribution in [3.63, 3.8) is 0 Å². The Morgan fingerprint density at radius 2 is 1.94 bits per heavy atom. The molecule has 17 heavy (non-hydrogen) atoms. The van der Waals surface area contributed by atoms with E-state index in [0.29, 0.717) is 11.0 Å². The molecular weight excluding hydrogens is 234 g/mol. The van der Waals surface area contributed by atoms with Gasteiger partial charge in [-0.2, -0.15) is 0 Å². The molecule has 0 atom stereocenters. The van der Waals surface area contributed by atoms with Crippen LogP contribution >= 0.6 is 12.6 Å². The summed E-state index contributed by atoms with van der Waals surface area (Å²) in [7, 11) is 0. The van der Waals surface area contributed by atoms with Crippen LogP contribution in [0, 0.1) is 0 Å². The molecule has 0 saturated heterocycles. The number of rotatable bonds is 5. The van der Waals surface area contributed by atoms with Gasteiger partial charge in [0.25, 0.3) is 0 Å². The number of thiol groups is 1. The molecule has 90 valence electrons. The van der Waals surface area contributed by atoms with E-state index in [1.54, 1.807) is 0 Å². The van der Waals surface area contributed by atoms with Crippen molar-refractivity contribution in [1.29, 1.82) is 0 Å². The summed E-state index contributed by atoms with van der Waals surface area (Å²) in [6.45, 7) is 0.676. The van der Waals surface area contributed by atoms with Crippen molar-refractivity contribution in [2.24, 2.45) is 0 Å². The largest absolute Gasteiger partial charge is 0.388 e. The van der Waals surface area contributed by atoms with Crippen molar-refractivity contribution >= 4 is 12.6 Å². The Bertz CT molecular complexity index is 470. The summed E-state index contributed by atoms with van der Waals surface area (Å²) in [6.07, 6.45) is 1.97. The van der Waals surface area contributed by atoms with E-state index in [1.807, 2.05) is 22.8 Å². The number of benzene rings is 1. The first-order valence-electron chi connectivity index (χ1n) is 5.57. The van der Waals surface area contributed by atoms with Gasteiger partial charge in [0.15, 0.2) is 11.0 Å². The summed E-state index contributed by atoms with van der Waals surface area (Å²) < 4.78 is 1.84. The van der Waals surface area contributed by atoms with Gasteiger partial charge in [-0.15, -0.1) is 22.8 Å². The zero-order valence-corrected chi connectivity index (χ0v) is 10.3. The topological polar surface area (TPSA) is 50.9 Å². The molecule has 0 spiro atoms. The molecule has 2 aromatic rings. The van der Waals surface area contributed by atoms with Crippen LogP contribution in [0.2, 0.25) is 0 Å². The van der Waals surface area contributed by atoms with E-state index in [9.17, 15) is 0 Å². The number of hydrogen-bond donors (Lipinski definition) is 2. The Labute approximate surface area is 106 Å². The summed E-state index contributed by atoms with van der Waals surface area (Å²) in [5, 5.41) is 17.3. The Balaban J connectivity index is 1.92. The highest BCUT2D eigenvalue weighted by atomic mass is 32.1. The van der Waals surface area contributed by atoms with E-state index in [-0.39, 0.29) is 6.61 Å². The van der Waals surface area contributed by atoms with Gasteiger partial charge in [-0.25, -0.2) is 0 Å². The number of aliphatic hydroxyl groups excluding tert-OH is 1. The second kappa shape index (κ2) is 5.84. The zero-order valence-electron chi connectivity index (χ0n) is 9.45. The highest BCUT2D eigenvalue weighted by molar-refractivity contribution is 7.80. The second-order valence-electron chi connectivity index (χ2n) is 3.82. The van der Waals surface area contributed by atoms with Crippen molar-refractivity contribution in [2.75, 3.05) is 0 Å². The predicted octanol–water partition coefficient (Wildman–Crippen LogP) is 1.69. The van der Waals surface area contributed by atoms with Crippen molar-refractivity contribution < 1.29 is 5.11 Å². The first-order valence-corrected chi connectivity index (χ1v) is 6.02. The summed E-state index contributed by atoms with van der Waals surface area (Å²) in [4.78, 5) is 0. The number of aryl methyl sites for hydroxylation is 1. The predicted molar refractivity (Wildman–Crippen MR) is 68.0 cm³/mol. The summed E-state index contributed by atoms with van der Waals surface area (Å²) >= 11 is 4.21. The van der Waals surface area contributed by atoms with Crippen LogP contribution in [-0.4, -0.2) is 19.9 Å². The van der Waals surface area contributed by atoms with Crippen LogP contribution in [0.15, 0.2) is 35.5 Å². The lowest BCUT2D eigenvalue weighted by molar-refractivity contribution is 0.263. The molecule has 1 N–H and O–H groups in total. The highest BCUT2D eigenvalue weighted by Crippen LogP contribution is 2.09. The zero-order chi connectivity index (χ0) is 12.1. The molecule has 0 amide bonds. The number of nitrogens with zero attached hydrogens (tertiary/aromatic N) is 3. The van der Waals surface area contributed by atoms with E-state index >= 15 is 0 Å².